The van der Waals surface area contributed by atoms with Gasteiger partial charge in [0.1, 0.15) is 5.75 Å². The highest BCUT2D eigenvalue weighted by atomic mass is 32.2. The number of amides is 2. The van der Waals surface area contributed by atoms with E-state index in [9.17, 15) is 18.0 Å². The van der Waals surface area contributed by atoms with Gasteiger partial charge in [0, 0.05) is 68.5 Å². The molecule has 0 N–H and O–H groups in total. The summed E-state index contributed by atoms with van der Waals surface area (Å²) in [7, 11) is -2.02. The Hall–Kier alpha value is -3.11. The first-order chi connectivity index (χ1) is 19.3. The zero-order chi connectivity index (χ0) is 28.0. The van der Waals surface area contributed by atoms with Crippen LogP contribution in [0.4, 0.5) is 11.4 Å². The number of methoxy groups -OCH3 is 1. The fourth-order valence-electron chi connectivity index (χ4n) is 6.36. The van der Waals surface area contributed by atoms with Crippen molar-refractivity contribution in [2.24, 2.45) is 11.8 Å². The van der Waals surface area contributed by atoms with Crippen molar-refractivity contribution < 1.29 is 22.7 Å². The van der Waals surface area contributed by atoms with Gasteiger partial charge in [-0.25, -0.2) is 8.42 Å². The molecule has 2 aromatic rings. The smallest absolute Gasteiger partial charge is 0.243 e. The molecule has 0 bridgehead atoms. The number of anilines is 2. The summed E-state index contributed by atoms with van der Waals surface area (Å²) in [5, 5.41) is 0. The van der Waals surface area contributed by atoms with E-state index in [4.69, 9.17) is 4.74 Å². The van der Waals surface area contributed by atoms with Crippen molar-refractivity contribution in [1.82, 2.24) is 9.21 Å². The van der Waals surface area contributed by atoms with Gasteiger partial charge in [0.05, 0.1) is 12.0 Å². The number of piperazine rings is 1. The van der Waals surface area contributed by atoms with Crippen LogP contribution in [-0.4, -0.2) is 81.9 Å². The van der Waals surface area contributed by atoms with Gasteiger partial charge in [0.25, 0.3) is 0 Å². The van der Waals surface area contributed by atoms with Crippen molar-refractivity contribution in [2.45, 2.75) is 50.0 Å². The number of benzene rings is 2. The van der Waals surface area contributed by atoms with Crippen LogP contribution in [0.2, 0.25) is 0 Å². The molecular formula is C30H38N4O5S. The van der Waals surface area contributed by atoms with E-state index < -0.39 is 10.0 Å². The van der Waals surface area contributed by atoms with Gasteiger partial charge in [-0.1, -0.05) is 0 Å². The van der Waals surface area contributed by atoms with Gasteiger partial charge in [-0.05, 0) is 87.1 Å². The molecule has 0 spiro atoms. The zero-order valence-electron chi connectivity index (χ0n) is 23.3. The van der Waals surface area contributed by atoms with Crippen LogP contribution in [0.1, 0.15) is 38.2 Å². The van der Waals surface area contributed by atoms with Crippen molar-refractivity contribution in [2.75, 3.05) is 56.2 Å². The second-order valence-corrected chi connectivity index (χ2v) is 13.5. The lowest BCUT2D eigenvalue weighted by molar-refractivity contribution is -0.137. The minimum Gasteiger partial charge on any atom is -0.497 e. The molecule has 2 amide bonds. The molecule has 3 heterocycles. The number of sulfonamides is 1. The lowest BCUT2D eigenvalue weighted by atomic mass is 9.96. The summed E-state index contributed by atoms with van der Waals surface area (Å²) in [6.07, 6.45) is 3.62. The second-order valence-electron chi connectivity index (χ2n) is 11.5. The van der Waals surface area contributed by atoms with Gasteiger partial charge in [0.15, 0.2) is 0 Å². The van der Waals surface area contributed by atoms with E-state index in [1.807, 2.05) is 41.0 Å². The van der Waals surface area contributed by atoms with Crippen molar-refractivity contribution in [3.8, 4) is 5.75 Å². The van der Waals surface area contributed by atoms with Crippen LogP contribution in [-0.2, 0) is 26.0 Å². The highest BCUT2D eigenvalue weighted by Gasteiger charge is 2.40. The molecule has 9 nitrogen and oxygen atoms in total. The van der Waals surface area contributed by atoms with Crippen LogP contribution in [0.3, 0.4) is 0 Å². The minimum atomic E-state index is -3.67. The van der Waals surface area contributed by atoms with E-state index in [0.29, 0.717) is 45.4 Å². The molecule has 2 saturated heterocycles. The molecule has 3 aliphatic heterocycles. The molecule has 1 aliphatic carbocycles. The minimum absolute atomic E-state index is 0.0425. The summed E-state index contributed by atoms with van der Waals surface area (Å²) >= 11 is 0. The Morgan fingerprint density at radius 2 is 1.48 bits per heavy atom. The van der Waals surface area contributed by atoms with Gasteiger partial charge in [-0.15, -0.1) is 0 Å². The van der Waals surface area contributed by atoms with E-state index >= 15 is 0 Å². The zero-order valence-corrected chi connectivity index (χ0v) is 24.1. The molecule has 1 saturated carbocycles. The third-order valence-corrected chi connectivity index (χ3v) is 10.8. The maximum absolute atomic E-state index is 13.5. The van der Waals surface area contributed by atoms with Crippen LogP contribution < -0.4 is 14.5 Å². The first-order valence-electron chi connectivity index (χ1n) is 14.4. The summed E-state index contributed by atoms with van der Waals surface area (Å²) in [6, 6.07) is 13.2. The predicted octanol–water partition coefficient (Wildman–Crippen LogP) is 3.13. The largest absolute Gasteiger partial charge is 0.497 e. The summed E-state index contributed by atoms with van der Waals surface area (Å²) in [5.74, 6) is 1.10. The van der Waals surface area contributed by atoms with Gasteiger partial charge in [-0.3, -0.25) is 9.59 Å². The van der Waals surface area contributed by atoms with Crippen LogP contribution in [0.15, 0.2) is 47.4 Å². The Morgan fingerprint density at radius 1 is 0.825 bits per heavy atom. The van der Waals surface area contributed by atoms with E-state index in [1.54, 1.807) is 25.3 Å². The van der Waals surface area contributed by atoms with Crippen LogP contribution in [0.5, 0.6) is 5.75 Å². The number of piperidine rings is 1. The molecule has 0 unspecified atom stereocenters. The van der Waals surface area contributed by atoms with Crippen molar-refractivity contribution in [3.63, 3.8) is 0 Å². The highest BCUT2D eigenvalue weighted by molar-refractivity contribution is 7.89. The molecule has 3 fully saturated rings. The average Bonchev–Trinajstić information content (AvgIpc) is 3.78. The first-order valence-corrected chi connectivity index (χ1v) is 15.8. The number of nitrogens with zero attached hydrogens (tertiary/aromatic N) is 4. The van der Waals surface area contributed by atoms with Crippen LogP contribution in [0, 0.1) is 11.8 Å². The topological polar surface area (TPSA) is 90.5 Å². The lowest BCUT2D eigenvalue weighted by Crippen LogP contribution is -2.52. The Labute approximate surface area is 236 Å². The number of hydrogen-bond acceptors (Lipinski definition) is 6. The van der Waals surface area contributed by atoms with Crippen molar-refractivity contribution >= 4 is 33.2 Å². The number of hydrogen-bond donors (Lipinski definition) is 0. The second kappa shape index (κ2) is 10.7. The monoisotopic (exact) mass is 566 g/mol. The molecule has 10 heteroatoms. The number of fused-ring (bicyclic) bond motifs is 1. The van der Waals surface area contributed by atoms with E-state index in [0.717, 1.165) is 48.6 Å². The van der Waals surface area contributed by atoms with Gasteiger partial charge >= 0.3 is 0 Å². The SMILES string of the molecule is COc1ccc(N2CCN(C(=O)C3CCN(S(=O)(=O)c4ccc5c(c4)C[C@H](C)N5C(=O)C4CC4)CC3)CC2)cc1. The normalized spacial score (nSPS) is 22.4. The van der Waals surface area contributed by atoms with Crippen molar-refractivity contribution in [1.29, 1.82) is 0 Å². The van der Waals surface area contributed by atoms with Crippen LogP contribution >= 0.6 is 0 Å². The highest BCUT2D eigenvalue weighted by Crippen LogP contribution is 2.40. The predicted molar refractivity (Wildman–Crippen MR) is 153 cm³/mol. The summed E-state index contributed by atoms with van der Waals surface area (Å²) in [4.78, 5) is 32.4. The molecule has 214 valence electrons. The molecule has 0 radical (unpaired) electrons. The Kier molecular flexibility index (Phi) is 7.25. The Bertz CT molecular complexity index is 1380. The van der Waals surface area contributed by atoms with Gasteiger partial charge in [-0.2, -0.15) is 4.31 Å². The lowest BCUT2D eigenvalue weighted by Gasteiger charge is -2.39. The van der Waals surface area contributed by atoms with Crippen molar-refractivity contribution in [3.05, 3.63) is 48.0 Å². The third kappa shape index (κ3) is 5.07. The third-order valence-electron chi connectivity index (χ3n) is 8.90. The molecule has 6 rings (SSSR count). The standard InChI is InChI=1S/C30H38N4O5S/c1-21-19-24-20-27(9-10-28(24)34(21)30(36)22-3-4-22)40(37,38)33-13-11-23(12-14-33)29(35)32-17-15-31(16-18-32)25-5-7-26(39-2)8-6-25/h5-10,20-23H,3-4,11-19H2,1-2H3/t21-/m0/s1. The molecule has 0 aromatic heterocycles. The molecule has 40 heavy (non-hydrogen) atoms. The van der Waals surface area contributed by atoms with E-state index in [2.05, 4.69) is 4.90 Å². The fourth-order valence-corrected chi connectivity index (χ4v) is 7.88. The quantitative estimate of drug-likeness (QED) is 0.534. The fraction of sp³-hybridized carbons (Fsp3) is 0.533. The van der Waals surface area contributed by atoms with Crippen LogP contribution in [0.25, 0.3) is 0 Å². The molecule has 4 aliphatic rings. The average molecular weight is 567 g/mol. The summed E-state index contributed by atoms with van der Waals surface area (Å²) < 4.78 is 33.8. The van der Waals surface area contributed by atoms with E-state index in [-0.39, 0.29) is 34.6 Å². The first kappa shape index (κ1) is 27.1. The van der Waals surface area contributed by atoms with Gasteiger partial charge in [0.2, 0.25) is 21.8 Å². The number of carbonyl (C=O) groups is 2. The molecule has 1 atom stereocenters. The number of carbonyl (C=O) groups excluding carboxylic acids is 2. The summed E-state index contributed by atoms with van der Waals surface area (Å²) in [6.45, 7) is 5.57. The Balaban J connectivity index is 1.04. The number of rotatable bonds is 6. The van der Waals surface area contributed by atoms with E-state index in [1.165, 1.54) is 4.31 Å². The maximum Gasteiger partial charge on any atom is 0.243 e. The molecular weight excluding hydrogens is 528 g/mol. The number of ether oxygens (including phenoxy) is 1. The summed E-state index contributed by atoms with van der Waals surface area (Å²) in [5.41, 5.74) is 2.89. The maximum atomic E-state index is 13.5. The Morgan fingerprint density at radius 3 is 2.10 bits per heavy atom. The van der Waals surface area contributed by atoms with Gasteiger partial charge < -0.3 is 19.4 Å². The molecule has 2 aromatic carbocycles.